The molecule has 0 aliphatic heterocycles. The average Bonchev–Trinajstić information content (AvgIpc) is 3.17. The lowest BCUT2D eigenvalue weighted by Gasteiger charge is -2.12. The van der Waals surface area contributed by atoms with Gasteiger partial charge in [0.15, 0.2) is 5.88 Å². The summed E-state index contributed by atoms with van der Waals surface area (Å²) in [5.41, 5.74) is 5.33. The summed E-state index contributed by atoms with van der Waals surface area (Å²) >= 11 is 0. The first-order valence-corrected chi connectivity index (χ1v) is 12.0. The predicted octanol–water partition coefficient (Wildman–Crippen LogP) is 5.31. The molecule has 186 valence electrons. The summed E-state index contributed by atoms with van der Waals surface area (Å²) in [6.07, 6.45) is 1.11. The highest BCUT2D eigenvalue weighted by molar-refractivity contribution is 6.21. The molecule has 36 heavy (non-hydrogen) atoms. The molecule has 3 N–H and O–H groups in total. The second kappa shape index (κ2) is 11.2. The van der Waals surface area contributed by atoms with Gasteiger partial charge in [0.2, 0.25) is 5.91 Å². The number of carbonyl (C=O) groups is 1. The van der Waals surface area contributed by atoms with Gasteiger partial charge in [-0.05, 0) is 68.0 Å². The summed E-state index contributed by atoms with van der Waals surface area (Å²) in [5.74, 6) is -0.442. The first-order chi connectivity index (χ1) is 17.3. The Morgan fingerprint density at radius 3 is 2.56 bits per heavy atom. The zero-order valence-electron chi connectivity index (χ0n) is 20.8. The van der Waals surface area contributed by atoms with Crippen molar-refractivity contribution in [2.45, 2.75) is 26.3 Å². The molecule has 4 rings (SSSR count). The molecular weight excluding hydrogens is 455 g/mol. The van der Waals surface area contributed by atoms with Crippen LogP contribution in [-0.4, -0.2) is 47.2 Å². The van der Waals surface area contributed by atoms with E-state index in [0.717, 1.165) is 23.4 Å². The first-order valence-electron chi connectivity index (χ1n) is 12.0. The number of rotatable bonds is 9. The number of aromatic amines is 1. The van der Waals surface area contributed by atoms with E-state index in [0.29, 0.717) is 41.6 Å². The smallest absolute Gasteiger partial charge is 0.219 e. The van der Waals surface area contributed by atoms with Gasteiger partial charge in [0.25, 0.3) is 0 Å². The number of nitrogens with one attached hydrogen (secondary N) is 2. The van der Waals surface area contributed by atoms with Crippen molar-refractivity contribution in [3.63, 3.8) is 0 Å². The largest absolute Gasteiger partial charge is 0.494 e. The molecule has 0 atom stereocenters. The molecule has 0 unspecified atom stereocenters. The maximum Gasteiger partial charge on any atom is 0.219 e. The van der Waals surface area contributed by atoms with Crippen LogP contribution in [-0.2, 0) is 17.8 Å². The lowest BCUT2D eigenvalue weighted by atomic mass is 9.98. The number of hydrogen-bond donors (Lipinski definition) is 3. The molecule has 7 heteroatoms. The molecule has 6 nitrogen and oxygen atoms in total. The molecular formula is C29H31FN4O2. The Kier molecular flexibility index (Phi) is 7.80. The fourth-order valence-electron chi connectivity index (χ4n) is 4.18. The van der Waals surface area contributed by atoms with Crippen molar-refractivity contribution in [1.82, 2.24) is 15.2 Å². The minimum absolute atomic E-state index is 0.0158. The number of aliphatic imine (C=N–C) groups is 1. The Morgan fingerprint density at radius 1 is 1.06 bits per heavy atom. The van der Waals surface area contributed by atoms with Gasteiger partial charge in [-0.3, -0.25) is 4.79 Å². The predicted molar refractivity (Wildman–Crippen MR) is 143 cm³/mol. The molecule has 0 bridgehead atoms. The van der Waals surface area contributed by atoms with Crippen LogP contribution in [0.15, 0.2) is 71.7 Å². The van der Waals surface area contributed by atoms with Crippen molar-refractivity contribution < 1.29 is 14.3 Å². The number of hydrogen-bond acceptors (Lipinski definition) is 4. The van der Waals surface area contributed by atoms with Crippen LogP contribution >= 0.6 is 0 Å². The summed E-state index contributed by atoms with van der Waals surface area (Å²) in [5, 5.41) is 14.4. The quantitative estimate of drug-likeness (QED) is 0.281. The van der Waals surface area contributed by atoms with Gasteiger partial charge in [0.1, 0.15) is 5.82 Å². The molecule has 0 saturated heterocycles. The second-order valence-corrected chi connectivity index (χ2v) is 9.06. The van der Waals surface area contributed by atoms with Crippen molar-refractivity contribution >= 4 is 28.2 Å². The van der Waals surface area contributed by atoms with E-state index in [1.807, 2.05) is 69.6 Å². The summed E-state index contributed by atoms with van der Waals surface area (Å²) in [6, 6.07) is 20.3. The average molecular weight is 487 g/mol. The van der Waals surface area contributed by atoms with Crippen molar-refractivity contribution in [3.8, 4) is 5.88 Å². The van der Waals surface area contributed by atoms with Crippen LogP contribution in [0.25, 0.3) is 10.9 Å². The lowest BCUT2D eigenvalue weighted by molar-refractivity contribution is -0.120. The second-order valence-electron chi connectivity index (χ2n) is 9.06. The Balaban J connectivity index is 1.77. The fourth-order valence-corrected chi connectivity index (χ4v) is 4.18. The molecule has 1 aromatic heterocycles. The van der Waals surface area contributed by atoms with Crippen molar-refractivity contribution in [3.05, 3.63) is 94.8 Å². The lowest BCUT2D eigenvalue weighted by Crippen LogP contribution is -2.24. The molecule has 0 saturated carbocycles. The SMILES string of the molecule is CCC(=O)NCCc1cccc(C(=Nc2ccc(CN(C)C)cc2)c2c(O)[nH]c3cc(F)ccc23)c1. The van der Waals surface area contributed by atoms with E-state index in [2.05, 4.69) is 15.2 Å². The number of nitrogens with zero attached hydrogens (tertiary/aromatic N) is 2. The standard InChI is InChI=1S/C29H31FN4O2/c1-4-26(35)31-15-14-19-6-5-7-21(16-19)28(32-23-11-8-20(9-12-23)18-34(2)3)27-24-13-10-22(30)17-25(24)33-29(27)36/h5-13,16-17,33,36H,4,14-15,18H2,1-3H3,(H,31,35). The Morgan fingerprint density at radius 2 is 1.83 bits per heavy atom. The molecule has 1 amide bonds. The van der Waals surface area contributed by atoms with Gasteiger partial charge in [0, 0.05) is 30.5 Å². The Labute approximate surface area is 210 Å². The number of aromatic nitrogens is 1. The minimum Gasteiger partial charge on any atom is -0.494 e. The van der Waals surface area contributed by atoms with Gasteiger partial charge >= 0.3 is 0 Å². The summed E-state index contributed by atoms with van der Waals surface area (Å²) in [4.78, 5) is 21.5. The van der Waals surface area contributed by atoms with Crippen molar-refractivity contribution in [2.24, 2.45) is 4.99 Å². The number of H-pyrrole nitrogens is 1. The van der Waals surface area contributed by atoms with Gasteiger partial charge < -0.3 is 20.3 Å². The number of aromatic hydroxyl groups is 1. The van der Waals surface area contributed by atoms with E-state index in [-0.39, 0.29) is 17.6 Å². The molecule has 0 aliphatic carbocycles. The van der Waals surface area contributed by atoms with Crippen molar-refractivity contribution in [2.75, 3.05) is 20.6 Å². The number of fused-ring (bicyclic) bond motifs is 1. The number of amides is 1. The van der Waals surface area contributed by atoms with E-state index in [4.69, 9.17) is 4.99 Å². The van der Waals surface area contributed by atoms with Crippen LogP contribution in [0.4, 0.5) is 10.1 Å². The van der Waals surface area contributed by atoms with Crippen LogP contribution in [0.2, 0.25) is 0 Å². The van der Waals surface area contributed by atoms with Crippen LogP contribution in [0, 0.1) is 5.82 Å². The Bertz CT molecular complexity index is 1390. The van der Waals surface area contributed by atoms with Crippen LogP contribution in [0.3, 0.4) is 0 Å². The third-order valence-electron chi connectivity index (χ3n) is 5.91. The van der Waals surface area contributed by atoms with Gasteiger partial charge in [-0.15, -0.1) is 0 Å². The highest BCUT2D eigenvalue weighted by Crippen LogP contribution is 2.32. The highest BCUT2D eigenvalue weighted by Gasteiger charge is 2.19. The molecule has 0 spiro atoms. The Hall–Kier alpha value is -3.97. The van der Waals surface area contributed by atoms with E-state index in [1.54, 1.807) is 6.07 Å². The van der Waals surface area contributed by atoms with Crippen LogP contribution < -0.4 is 5.32 Å². The van der Waals surface area contributed by atoms with Crippen molar-refractivity contribution in [1.29, 1.82) is 0 Å². The highest BCUT2D eigenvalue weighted by atomic mass is 19.1. The topological polar surface area (TPSA) is 80.7 Å². The maximum absolute atomic E-state index is 13.9. The van der Waals surface area contributed by atoms with E-state index in [9.17, 15) is 14.3 Å². The van der Waals surface area contributed by atoms with Gasteiger partial charge in [-0.1, -0.05) is 37.3 Å². The van der Waals surface area contributed by atoms with Crippen LogP contribution in [0.1, 0.15) is 35.6 Å². The van der Waals surface area contributed by atoms with Crippen LogP contribution in [0.5, 0.6) is 5.88 Å². The minimum atomic E-state index is -0.388. The summed E-state index contributed by atoms with van der Waals surface area (Å²) < 4.78 is 13.9. The molecule has 0 fully saturated rings. The maximum atomic E-state index is 13.9. The number of carbonyl (C=O) groups excluding carboxylic acids is 1. The molecule has 0 radical (unpaired) electrons. The normalized spacial score (nSPS) is 11.9. The molecule has 4 aromatic rings. The van der Waals surface area contributed by atoms with E-state index in [1.165, 1.54) is 17.7 Å². The number of halogens is 1. The van der Waals surface area contributed by atoms with E-state index >= 15 is 0 Å². The zero-order chi connectivity index (χ0) is 25.7. The molecule has 3 aromatic carbocycles. The summed E-state index contributed by atoms with van der Waals surface area (Å²) in [6.45, 7) is 3.18. The van der Waals surface area contributed by atoms with Gasteiger partial charge in [-0.25, -0.2) is 9.38 Å². The molecule has 0 aliphatic rings. The molecule has 1 heterocycles. The van der Waals surface area contributed by atoms with Gasteiger partial charge in [-0.2, -0.15) is 0 Å². The third-order valence-corrected chi connectivity index (χ3v) is 5.91. The fraction of sp³-hybridized carbons (Fsp3) is 0.241. The number of benzene rings is 3. The first kappa shape index (κ1) is 25.1. The monoisotopic (exact) mass is 486 g/mol. The summed E-state index contributed by atoms with van der Waals surface area (Å²) in [7, 11) is 4.04. The van der Waals surface area contributed by atoms with E-state index < -0.39 is 0 Å². The van der Waals surface area contributed by atoms with Gasteiger partial charge in [0.05, 0.1) is 22.5 Å². The third kappa shape index (κ3) is 5.98. The zero-order valence-corrected chi connectivity index (χ0v) is 20.8.